The number of allylic oxidation sites excluding steroid dienone is 1. The van der Waals surface area contributed by atoms with Crippen molar-refractivity contribution in [1.29, 1.82) is 0 Å². The molecule has 4 aromatic rings. The fourth-order valence-electron chi connectivity index (χ4n) is 4.11. The largest absolute Gasteiger partial charge is 0.490 e. The third kappa shape index (κ3) is 4.35. The van der Waals surface area contributed by atoms with Gasteiger partial charge < -0.3 is 24.9 Å². The number of primary amides is 1. The molecule has 2 aromatic heterocycles. The fraction of sp³-hybridized carbons (Fsp3) is 0.192. The van der Waals surface area contributed by atoms with E-state index >= 15 is 0 Å². The maximum atomic E-state index is 12.5. The van der Waals surface area contributed by atoms with Gasteiger partial charge in [-0.05, 0) is 49.2 Å². The van der Waals surface area contributed by atoms with E-state index in [9.17, 15) is 4.79 Å². The van der Waals surface area contributed by atoms with Gasteiger partial charge in [0.15, 0.2) is 17.3 Å². The standard InChI is InChI=1S/C26H25N5O4/c1-3-33-21-14-18(11-12-19(21)35-15-17-8-5-4-6-9-17)23-22(24(27)32)16(2)28-26-29-25(30-31(23)26)20-10-7-13-34-20/h4-14,23H,3,15H2,1-2H3,(H2,27,32)(H,28,29,30). The van der Waals surface area contributed by atoms with Crippen LogP contribution in [0.3, 0.4) is 0 Å². The average Bonchev–Trinajstić information content (AvgIpc) is 3.53. The number of carbonyl (C=O) groups excluding carboxylic acids is 1. The van der Waals surface area contributed by atoms with E-state index in [0.717, 1.165) is 11.1 Å². The van der Waals surface area contributed by atoms with Gasteiger partial charge in [-0.25, -0.2) is 4.68 Å². The Labute approximate surface area is 202 Å². The van der Waals surface area contributed by atoms with Gasteiger partial charge in [0.1, 0.15) is 12.6 Å². The molecule has 0 saturated carbocycles. The van der Waals surface area contributed by atoms with E-state index < -0.39 is 11.9 Å². The van der Waals surface area contributed by atoms with Gasteiger partial charge >= 0.3 is 0 Å². The van der Waals surface area contributed by atoms with Crippen LogP contribution in [0.25, 0.3) is 11.6 Å². The number of anilines is 1. The summed E-state index contributed by atoms with van der Waals surface area (Å²) in [6.45, 7) is 4.55. The molecule has 0 radical (unpaired) electrons. The van der Waals surface area contributed by atoms with E-state index in [4.69, 9.17) is 19.6 Å². The highest BCUT2D eigenvalue weighted by molar-refractivity contribution is 5.95. The number of fused-ring (bicyclic) bond motifs is 1. The molecule has 0 fully saturated rings. The highest BCUT2D eigenvalue weighted by Gasteiger charge is 2.34. The lowest BCUT2D eigenvalue weighted by Gasteiger charge is -2.28. The quantitative estimate of drug-likeness (QED) is 0.394. The second kappa shape index (κ2) is 9.38. The number of nitrogens with zero attached hydrogens (tertiary/aromatic N) is 3. The van der Waals surface area contributed by atoms with E-state index in [1.807, 2.05) is 55.5 Å². The molecule has 0 saturated heterocycles. The minimum Gasteiger partial charge on any atom is -0.490 e. The summed E-state index contributed by atoms with van der Waals surface area (Å²) in [5.41, 5.74) is 8.60. The molecule has 5 rings (SSSR count). The second-order valence-electron chi connectivity index (χ2n) is 8.02. The zero-order valence-corrected chi connectivity index (χ0v) is 19.4. The summed E-state index contributed by atoms with van der Waals surface area (Å²) in [6, 6.07) is 18.4. The number of ether oxygens (including phenoxy) is 2. The third-order valence-corrected chi connectivity index (χ3v) is 5.68. The molecule has 1 amide bonds. The number of nitrogens with two attached hydrogens (primary N) is 1. The third-order valence-electron chi connectivity index (χ3n) is 5.68. The predicted molar refractivity (Wildman–Crippen MR) is 130 cm³/mol. The lowest BCUT2D eigenvalue weighted by atomic mass is 9.95. The van der Waals surface area contributed by atoms with Crippen LogP contribution in [0.4, 0.5) is 5.95 Å². The van der Waals surface area contributed by atoms with E-state index in [2.05, 4.69) is 15.4 Å². The summed E-state index contributed by atoms with van der Waals surface area (Å²) in [6.07, 6.45) is 1.56. The maximum absolute atomic E-state index is 12.5. The summed E-state index contributed by atoms with van der Waals surface area (Å²) in [5, 5.41) is 7.76. The van der Waals surface area contributed by atoms with Gasteiger partial charge in [-0.15, -0.1) is 5.10 Å². The van der Waals surface area contributed by atoms with Crippen molar-refractivity contribution in [2.45, 2.75) is 26.5 Å². The molecular weight excluding hydrogens is 446 g/mol. The number of benzene rings is 2. The van der Waals surface area contributed by atoms with Gasteiger partial charge in [0.25, 0.3) is 0 Å². The van der Waals surface area contributed by atoms with Gasteiger partial charge in [0.05, 0.1) is 18.4 Å². The average molecular weight is 472 g/mol. The number of hydrogen-bond donors (Lipinski definition) is 2. The minimum atomic E-state index is -0.609. The molecule has 0 spiro atoms. The van der Waals surface area contributed by atoms with Gasteiger partial charge in [0, 0.05) is 5.70 Å². The van der Waals surface area contributed by atoms with E-state index in [-0.39, 0.29) is 0 Å². The predicted octanol–water partition coefficient (Wildman–Crippen LogP) is 4.29. The van der Waals surface area contributed by atoms with Crippen LogP contribution in [0.1, 0.15) is 31.0 Å². The molecule has 9 heteroatoms. The fourth-order valence-corrected chi connectivity index (χ4v) is 4.11. The Morgan fingerprint density at radius 1 is 1.11 bits per heavy atom. The topological polar surface area (TPSA) is 117 Å². The number of hydrogen-bond acceptors (Lipinski definition) is 7. The molecule has 3 N–H and O–H groups in total. The summed E-state index contributed by atoms with van der Waals surface area (Å²) in [5.74, 6) is 2.01. The molecule has 1 unspecified atom stereocenters. The summed E-state index contributed by atoms with van der Waals surface area (Å²) < 4.78 is 19.0. The van der Waals surface area contributed by atoms with Crippen molar-refractivity contribution < 1.29 is 18.7 Å². The van der Waals surface area contributed by atoms with Gasteiger partial charge in [-0.1, -0.05) is 36.4 Å². The Hall–Kier alpha value is -4.53. The number of nitrogens with one attached hydrogen (secondary N) is 1. The van der Waals surface area contributed by atoms with Gasteiger partial charge in [-0.3, -0.25) is 4.79 Å². The van der Waals surface area contributed by atoms with Crippen LogP contribution in [-0.2, 0) is 11.4 Å². The molecule has 1 atom stereocenters. The zero-order valence-electron chi connectivity index (χ0n) is 19.4. The molecule has 9 nitrogen and oxygen atoms in total. The minimum absolute atomic E-state index is 0.383. The Morgan fingerprint density at radius 3 is 2.66 bits per heavy atom. The highest BCUT2D eigenvalue weighted by atomic mass is 16.5. The van der Waals surface area contributed by atoms with Crippen LogP contribution in [0, 0.1) is 0 Å². The zero-order chi connectivity index (χ0) is 24.4. The summed E-state index contributed by atoms with van der Waals surface area (Å²) in [4.78, 5) is 17.1. The first kappa shape index (κ1) is 22.3. The van der Waals surface area contributed by atoms with Crippen molar-refractivity contribution in [3.8, 4) is 23.1 Å². The number of carbonyl (C=O) groups is 1. The van der Waals surface area contributed by atoms with Crippen molar-refractivity contribution >= 4 is 11.9 Å². The molecule has 178 valence electrons. The van der Waals surface area contributed by atoms with Crippen LogP contribution in [0.5, 0.6) is 11.5 Å². The molecule has 1 aliphatic heterocycles. The summed E-state index contributed by atoms with van der Waals surface area (Å²) in [7, 11) is 0. The van der Waals surface area contributed by atoms with Crippen molar-refractivity contribution in [3.63, 3.8) is 0 Å². The van der Waals surface area contributed by atoms with E-state index in [1.54, 1.807) is 30.0 Å². The van der Waals surface area contributed by atoms with E-state index in [0.29, 0.717) is 53.5 Å². The lowest BCUT2D eigenvalue weighted by Crippen LogP contribution is -2.31. The molecule has 35 heavy (non-hydrogen) atoms. The molecule has 0 bridgehead atoms. The number of aromatic nitrogens is 3. The number of rotatable bonds is 8. The van der Waals surface area contributed by atoms with E-state index in [1.165, 1.54) is 0 Å². The summed E-state index contributed by atoms with van der Waals surface area (Å²) >= 11 is 0. The smallest absolute Gasteiger partial charge is 0.248 e. The van der Waals surface area contributed by atoms with Crippen LogP contribution >= 0.6 is 0 Å². The van der Waals surface area contributed by atoms with Crippen LogP contribution in [-0.4, -0.2) is 27.3 Å². The van der Waals surface area contributed by atoms with Gasteiger partial charge in [-0.2, -0.15) is 4.98 Å². The van der Waals surface area contributed by atoms with Gasteiger partial charge in [0.2, 0.25) is 17.7 Å². The van der Waals surface area contributed by atoms with Crippen molar-refractivity contribution in [3.05, 3.63) is 89.3 Å². The van der Waals surface area contributed by atoms with Crippen LogP contribution < -0.4 is 20.5 Å². The Kier molecular flexibility index (Phi) is 5.97. The number of furan rings is 1. The molecule has 1 aliphatic rings. The first-order valence-electron chi connectivity index (χ1n) is 11.3. The Morgan fingerprint density at radius 2 is 1.94 bits per heavy atom. The second-order valence-corrected chi connectivity index (χ2v) is 8.02. The monoisotopic (exact) mass is 471 g/mol. The molecule has 2 aromatic carbocycles. The Bertz CT molecular complexity index is 1380. The Balaban J connectivity index is 1.55. The first-order valence-corrected chi connectivity index (χ1v) is 11.3. The van der Waals surface area contributed by atoms with Crippen molar-refractivity contribution in [2.75, 3.05) is 11.9 Å². The molecule has 3 heterocycles. The lowest BCUT2D eigenvalue weighted by molar-refractivity contribution is -0.115. The molecule has 0 aliphatic carbocycles. The van der Waals surface area contributed by atoms with Crippen LogP contribution in [0.15, 0.2) is 82.6 Å². The highest BCUT2D eigenvalue weighted by Crippen LogP contribution is 2.39. The van der Waals surface area contributed by atoms with Crippen molar-refractivity contribution in [1.82, 2.24) is 14.8 Å². The van der Waals surface area contributed by atoms with Crippen LogP contribution in [0.2, 0.25) is 0 Å². The normalized spacial score (nSPS) is 14.9. The SMILES string of the molecule is CCOc1cc(C2C(C(N)=O)=C(C)Nc3nc(-c4ccco4)nn32)ccc1OCc1ccccc1. The van der Waals surface area contributed by atoms with Crippen molar-refractivity contribution in [2.24, 2.45) is 5.73 Å². The molecular formula is C26H25N5O4. The maximum Gasteiger partial charge on any atom is 0.248 e. The number of amides is 1. The first-order chi connectivity index (χ1) is 17.0.